The Hall–Kier alpha value is -5.33. The fourth-order valence-corrected chi connectivity index (χ4v) is 8.40. The number of benzene rings is 2. The number of carbonyl (C=O) groups excluding carboxylic acids is 2. The molecule has 10 nitrogen and oxygen atoms in total. The first-order chi connectivity index (χ1) is 25.3. The predicted octanol–water partition coefficient (Wildman–Crippen LogP) is 6.29. The van der Waals surface area contributed by atoms with E-state index < -0.39 is 0 Å². The molecule has 6 heterocycles. The molecule has 1 unspecified atom stereocenters. The summed E-state index contributed by atoms with van der Waals surface area (Å²) in [5, 5.41) is 18.3. The number of halogens is 1. The number of amides is 2. The molecule has 8 rings (SSSR count). The van der Waals surface area contributed by atoms with Crippen LogP contribution in [0.25, 0.3) is 5.00 Å². The summed E-state index contributed by atoms with van der Waals surface area (Å²) in [6, 6.07) is 12.8. The van der Waals surface area contributed by atoms with E-state index in [-0.39, 0.29) is 23.9 Å². The maximum atomic E-state index is 13.3. The van der Waals surface area contributed by atoms with Crippen LogP contribution in [-0.4, -0.2) is 66.1 Å². The molecule has 0 spiro atoms. The number of aliphatic imine (C=N–C) groups is 1. The van der Waals surface area contributed by atoms with Crippen molar-refractivity contribution in [2.24, 2.45) is 4.99 Å². The number of unbranched alkanes of at least 4 members (excludes halogenated alkanes) is 1. The highest BCUT2D eigenvalue weighted by atomic mass is 35.5. The fourth-order valence-electron chi connectivity index (χ4n) is 7.06. The Kier molecular flexibility index (Phi) is 9.10. The third kappa shape index (κ3) is 6.15. The van der Waals surface area contributed by atoms with Gasteiger partial charge in [-0.15, -0.1) is 21.5 Å². The van der Waals surface area contributed by atoms with E-state index in [0.29, 0.717) is 41.2 Å². The van der Waals surface area contributed by atoms with E-state index in [1.54, 1.807) is 29.7 Å². The number of thiophene rings is 1. The van der Waals surface area contributed by atoms with Gasteiger partial charge < -0.3 is 5.32 Å². The van der Waals surface area contributed by atoms with Gasteiger partial charge in [-0.2, -0.15) is 5.10 Å². The van der Waals surface area contributed by atoms with E-state index >= 15 is 0 Å². The van der Waals surface area contributed by atoms with Gasteiger partial charge in [-0.05, 0) is 76.4 Å². The lowest BCUT2D eigenvalue weighted by atomic mass is 9.99. The summed E-state index contributed by atoms with van der Waals surface area (Å²) < 4.78 is 3.97. The molecule has 0 bridgehead atoms. The Bertz CT molecular complexity index is 2390. The number of carbonyl (C=O) groups is 2. The van der Waals surface area contributed by atoms with Crippen LogP contribution in [0.5, 0.6) is 0 Å². The van der Waals surface area contributed by atoms with Crippen LogP contribution in [0.1, 0.15) is 104 Å². The van der Waals surface area contributed by atoms with Crippen molar-refractivity contribution in [2.45, 2.75) is 65.1 Å². The monoisotopic (exact) mass is 726 g/mol. The van der Waals surface area contributed by atoms with E-state index in [9.17, 15) is 9.59 Å². The molecule has 1 N–H and O–H groups in total. The Morgan fingerprint density at radius 1 is 1.02 bits per heavy atom. The minimum absolute atomic E-state index is 0.117. The summed E-state index contributed by atoms with van der Waals surface area (Å²) in [5.74, 6) is 14.2. The average molecular weight is 727 g/mol. The van der Waals surface area contributed by atoms with Crippen molar-refractivity contribution in [1.82, 2.24) is 34.8 Å². The molecule has 3 aliphatic rings. The van der Waals surface area contributed by atoms with Gasteiger partial charge in [0.25, 0.3) is 11.8 Å². The quantitative estimate of drug-likeness (QED) is 0.130. The van der Waals surface area contributed by atoms with Crippen LogP contribution < -0.4 is 5.32 Å². The molecule has 0 saturated carbocycles. The molecule has 1 fully saturated rings. The van der Waals surface area contributed by atoms with Crippen LogP contribution >= 0.6 is 22.9 Å². The van der Waals surface area contributed by atoms with Crippen molar-refractivity contribution in [3.8, 4) is 28.7 Å². The standard InChI is InChI=1S/C40H35ClN8O2S/c1-24-33(52-40-34(24)36(29-14-16-30(41)17-15-29)44-25(2)37-46-45-26(3)48(37)40)18-13-27-21-43-47(23-27)20-6-4-5-9-28-10-7-12-32-35(28)39(51)49(38(32)50)31-11-8-19-42-22-31/h7,10,12,14-17,21,23,25,31,42H,4,6,8,11,19-20,22H2,1-3H3/t25-,31?/m0/s1. The maximum Gasteiger partial charge on any atom is 0.263 e. The Morgan fingerprint density at radius 3 is 2.67 bits per heavy atom. The van der Waals surface area contributed by atoms with Gasteiger partial charge in [0.15, 0.2) is 5.82 Å². The molecule has 2 amide bonds. The highest BCUT2D eigenvalue weighted by Gasteiger charge is 2.41. The van der Waals surface area contributed by atoms with Gasteiger partial charge in [0.05, 0.1) is 39.5 Å². The zero-order chi connectivity index (χ0) is 35.9. The number of piperidine rings is 1. The summed E-state index contributed by atoms with van der Waals surface area (Å²) in [5.41, 5.74) is 6.25. The second-order valence-corrected chi connectivity index (χ2v) is 14.6. The van der Waals surface area contributed by atoms with Gasteiger partial charge in [0, 0.05) is 47.4 Å². The molecule has 3 aliphatic heterocycles. The molecular weight excluding hydrogens is 692 g/mol. The summed E-state index contributed by atoms with van der Waals surface area (Å²) in [6.07, 6.45) is 6.87. The smallest absolute Gasteiger partial charge is 0.263 e. The molecule has 1 saturated heterocycles. The van der Waals surface area contributed by atoms with E-state index in [4.69, 9.17) is 16.6 Å². The molecule has 5 aromatic rings. The van der Waals surface area contributed by atoms with Crippen molar-refractivity contribution in [3.05, 3.63) is 115 Å². The second kappa shape index (κ2) is 14.0. The largest absolute Gasteiger partial charge is 0.315 e. The normalized spacial score (nSPS) is 17.7. The number of aryl methyl sites for hydroxylation is 2. The van der Waals surface area contributed by atoms with Crippen LogP contribution in [0.15, 0.2) is 59.9 Å². The predicted molar refractivity (Wildman–Crippen MR) is 201 cm³/mol. The Morgan fingerprint density at radius 2 is 1.87 bits per heavy atom. The SMILES string of the molecule is Cc1c(C#Cc2cnn(CCCC#Cc3cccc4c3C(=O)N(C3CCCNC3)C4=O)c2)sc2c1C(c1ccc(Cl)cc1)=N[C@@H](C)c1nnc(C)n1-2. The van der Waals surface area contributed by atoms with Crippen LogP contribution in [0.2, 0.25) is 5.02 Å². The highest BCUT2D eigenvalue weighted by Crippen LogP contribution is 2.39. The van der Waals surface area contributed by atoms with E-state index in [1.165, 1.54) is 4.90 Å². The first kappa shape index (κ1) is 33.8. The maximum absolute atomic E-state index is 13.3. The number of fused-ring (bicyclic) bond motifs is 4. The van der Waals surface area contributed by atoms with Crippen LogP contribution in [0.4, 0.5) is 0 Å². The molecule has 0 radical (unpaired) electrons. The second-order valence-electron chi connectivity index (χ2n) is 13.2. The zero-order valence-electron chi connectivity index (χ0n) is 29.0. The number of hydrogen-bond donors (Lipinski definition) is 1. The highest BCUT2D eigenvalue weighted by molar-refractivity contribution is 7.15. The molecule has 260 valence electrons. The third-order valence-electron chi connectivity index (χ3n) is 9.68. The number of aromatic nitrogens is 5. The van der Waals surface area contributed by atoms with Gasteiger partial charge in [-0.1, -0.05) is 53.5 Å². The first-order valence-electron chi connectivity index (χ1n) is 17.4. The molecule has 3 aromatic heterocycles. The van der Waals surface area contributed by atoms with Crippen molar-refractivity contribution >= 4 is 40.5 Å². The Balaban J connectivity index is 0.966. The molecule has 2 atom stereocenters. The minimum Gasteiger partial charge on any atom is -0.315 e. The van der Waals surface area contributed by atoms with Crippen molar-refractivity contribution < 1.29 is 9.59 Å². The Labute approximate surface area is 310 Å². The molecule has 2 aromatic carbocycles. The van der Waals surface area contributed by atoms with Gasteiger partial charge in [0.2, 0.25) is 0 Å². The van der Waals surface area contributed by atoms with Gasteiger partial charge in [0.1, 0.15) is 16.9 Å². The van der Waals surface area contributed by atoms with Gasteiger partial charge in [-0.3, -0.25) is 28.7 Å². The number of hydrogen-bond acceptors (Lipinski definition) is 8. The number of nitrogens with one attached hydrogen (secondary N) is 1. The van der Waals surface area contributed by atoms with Gasteiger partial charge >= 0.3 is 0 Å². The molecular formula is C40H35ClN8O2S. The average Bonchev–Trinajstić information content (AvgIpc) is 3.89. The van der Waals surface area contributed by atoms with E-state index in [0.717, 1.165) is 75.3 Å². The first-order valence-corrected chi connectivity index (χ1v) is 18.6. The van der Waals surface area contributed by atoms with Gasteiger partial charge in [-0.25, -0.2) is 0 Å². The summed E-state index contributed by atoms with van der Waals surface area (Å²) >= 11 is 7.84. The lowest BCUT2D eigenvalue weighted by Gasteiger charge is -2.29. The fraction of sp³-hybridized carbons (Fsp3) is 0.300. The van der Waals surface area contributed by atoms with Crippen molar-refractivity contribution in [3.63, 3.8) is 0 Å². The molecule has 0 aliphatic carbocycles. The lowest BCUT2D eigenvalue weighted by Crippen LogP contribution is -2.48. The number of imide groups is 1. The summed E-state index contributed by atoms with van der Waals surface area (Å²) in [7, 11) is 0. The lowest BCUT2D eigenvalue weighted by molar-refractivity contribution is 0.0560. The van der Waals surface area contributed by atoms with Crippen molar-refractivity contribution in [1.29, 1.82) is 0 Å². The van der Waals surface area contributed by atoms with Crippen molar-refractivity contribution in [2.75, 3.05) is 13.1 Å². The zero-order valence-corrected chi connectivity index (χ0v) is 30.6. The number of rotatable bonds is 5. The van der Waals surface area contributed by atoms with Crippen LogP contribution in [0.3, 0.4) is 0 Å². The van der Waals surface area contributed by atoms with E-state index in [1.807, 2.05) is 55.1 Å². The van der Waals surface area contributed by atoms with Crippen LogP contribution in [0, 0.1) is 37.5 Å². The molecule has 52 heavy (non-hydrogen) atoms. The summed E-state index contributed by atoms with van der Waals surface area (Å²) in [6.45, 7) is 8.30. The van der Waals surface area contributed by atoms with Crippen LogP contribution in [-0.2, 0) is 6.54 Å². The topological polar surface area (TPSA) is 110 Å². The third-order valence-corrected chi connectivity index (χ3v) is 11.1. The minimum atomic E-state index is -0.236. The number of nitrogens with zero attached hydrogens (tertiary/aromatic N) is 7. The van der Waals surface area contributed by atoms with E-state index in [2.05, 4.69) is 55.8 Å². The summed E-state index contributed by atoms with van der Waals surface area (Å²) in [4.78, 5) is 34.0. The molecule has 12 heteroatoms.